The molecule has 2 N–H and O–H groups in total. The molecule has 0 aromatic heterocycles. The smallest absolute Gasteiger partial charge is 0.243 e. The van der Waals surface area contributed by atoms with Crippen LogP contribution in [0.1, 0.15) is 72.7 Å². The molecule has 200 valence electrons. The Morgan fingerprint density at radius 1 is 0.895 bits per heavy atom. The van der Waals surface area contributed by atoms with Gasteiger partial charge in [0.25, 0.3) is 0 Å². The Morgan fingerprint density at radius 2 is 1.55 bits per heavy atom. The van der Waals surface area contributed by atoms with Gasteiger partial charge in [-0.25, -0.2) is 8.42 Å². The fourth-order valence-corrected chi connectivity index (χ4v) is 8.28. The van der Waals surface area contributed by atoms with Gasteiger partial charge in [-0.3, -0.25) is 4.79 Å². The number of carbonyl (C=O) groups excluding carboxylic acids is 1. The zero-order valence-electron chi connectivity index (χ0n) is 22.1. The van der Waals surface area contributed by atoms with E-state index in [1.807, 2.05) is 49.4 Å². The van der Waals surface area contributed by atoms with Gasteiger partial charge in [0.05, 0.1) is 16.9 Å². The van der Waals surface area contributed by atoms with Gasteiger partial charge in [-0.1, -0.05) is 72.3 Å². The quantitative estimate of drug-likeness (QED) is 0.380. The van der Waals surface area contributed by atoms with E-state index in [-0.39, 0.29) is 29.7 Å². The van der Waals surface area contributed by atoms with Crippen LogP contribution in [0.15, 0.2) is 83.8 Å². The van der Waals surface area contributed by atoms with E-state index in [9.17, 15) is 13.2 Å². The third-order valence-electron chi connectivity index (χ3n) is 8.58. The first-order chi connectivity index (χ1) is 18.3. The molecule has 0 aliphatic heterocycles. The number of amides is 1. The summed E-state index contributed by atoms with van der Waals surface area (Å²) >= 11 is 0. The van der Waals surface area contributed by atoms with Crippen LogP contribution in [0.5, 0.6) is 0 Å². The van der Waals surface area contributed by atoms with E-state index in [0.29, 0.717) is 11.4 Å². The second-order valence-corrected chi connectivity index (χ2v) is 13.0. The molecule has 1 saturated carbocycles. The topological polar surface area (TPSA) is 80.5 Å². The molecule has 38 heavy (non-hydrogen) atoms. The number of sulfonamides is 1. The third kappa shape index (κ3) is 5.57. The van der Waals surface area contributed by atoms with Gasteiger partial charge < -0.3 is 5.73 Å². The average Bonchev–Trinajstić information content (AvgIpc) is 2.94. The van der Waals surface area contributed by atoms with Crippen LogP contribution in [0.4, 0.5) is 0 Å². The minimum atomic E-state index is -3.67. The van der Waals surface area contributed by atoms with E-state index < -0.39 is 10.0 Å². The van der Waals surface area contributed by atoms with Crippen molar-refractivity contribution in [1.29, 1.82) is 0 Å². The van der Waals surface area contributed by atoms with Crippen LogP contribution < -0.4 is 5.73 Å². The van der Waals surface area contributed by atoms with Crippen molar-refractivity contribution in [1.82, 2.24) is 4.31 Å². The van der Waals surface area contributed by atoms with E-state index in [1.54, 1.807) is 28.6 Å². The number of aryl methyl sites for hydroxylation is 2. The Bertz CT molecular complexity index is 1350. The number of rotatable bonds is 8. The number of hydrogen-bond donors (Lipinski definition) is 1. The largest absolute Gasteiger partial charge is 0.369 e. The fourth-order valence-electron chi connectivity index (χ4n) is 6.55. The normalized spacial score (nSPS) is 22.5. The molecule has 6 heteroatoms. The predicted molar refractivity (Wildman–Crippen MR) is 151 cm³/mol. The van der Waals surface area contributed by atoms with E-state index in [2.05, 4.69) is 12.1 Å². The van der Waals surface area contributed by atoms with Crippen LogP contribution in [-0.2, 0) is 21.2 Å². The van der Waals surface area contributed by atoms with Gasteiger partial charge in [0.15, 0.2) is 0 Å². The van der Waals surface area contributed by atoms with Gasteiger partial charge in [-0.2, -0.15) is 4.31 Å². The second-order valence-electron chi connectivity index (χ2n) is 11.1. The zero-order valence-corrected chi connectivity index (χ0v) is 22.9. The van der Waals surface area contributed by atoms with Crippen LogP contribution >= 0.6 is 0 Å². The summed E-state index contributed by atoms with van der Waals surface area (Å²) in [6.45, 7) is 2.53. The van der Waals surface area contributed by atoms with E-state index in [1.165, 1.54) is 5.56 Å². The van der Waals surface area contributed by atoms with Crippen molar-refractivity contribution in [3.8, 4) is 0 Å². The maximum Gasteiger partial charge on any atom is 0.243 e. The highest BCUT2D eigenvalue weighted by atomic mass is 32.2. The Balaban J connectivity index is 1.38. The fraction of sp³-hybridized carbons (Fsp3) is 0.406. The number of nitrogens with zero attached hydrogens (tertiary/aromatic N) is 1. The Kier molecular flexibility index (Phi) is 8.01. The molecule has 1 amide bonds. The summed E-state index contributed by atoms with van der Waals surface area (Å²) in [5, 5.41) is 0. The van der Waals surface area contributed by atoms with Crippen molar-refractivity contribution in [2.45, 2.75) is 68.7 Å². The molecule has 1 fully saturated rings. The highest BCUT2D eigenvalue weighted by molar-refractivity contribution is 7.89. The standard InChI is InChI=1S/C32H38N2O3S/c1-23-14-18-26(19-15-23)31(32(33)35)27-20-16-24(17-21-27)22-34(38(36,37)28-10-3-2-4-11-28)30-13-7-9-25-8-5-6-12-29(25)30/h2-6,8,10-12,14-15,18-19,24,27,30-31H,7,9,13,16-17,20-22H2,1H3,(H2,33,35)/t24?,27?,30-,31?/m0/s1. The first-order valence-electron chi connectivity index (χ1n) is 13.8. The van der Waals surface area contributed by atoms with Gasteiger partial charge in [0.2, 0.25) is 15.9 Å². The Morgan fingerprint density at radius 3 is 2.24 bits per heavy atom. The van der Waals surface area contributed by atoms with Crippen LogP contribution in [0.3, 0.4) is 0 Å². The SMILES string of the molecule is Cc1ccc(C(C(N)=O)C2CCC(CN([C@H]3CCCc4ccccc43)S(=O)(=O)c3ccccc3)CC2)cc1. The number of benzene rings is 3. The lowest BCUT2D eigenvalue weighted by atomic mass is 9.73. The van der Waals surface area contributed by atoms with Crippen LogP contribution in [-0.4, -0.2) is 25.2 Å². The first kappa shape index (κ1) is 26.6. The van der Waals surface area contributed by atoms with Crippen molar-refractivity contribution in [3.63, 3.8) is 0 Å². The van der Waals surface area contributed by atoms with Crippen LogP contribution in [0.2, 0.25) is 0 Å². The summed E-state index contributed by atoms with van der Waals surface area (Å²) in [7, 11) is -3.67. The van der Waals surface area contributed by atoms with Crippen molar-refractivity contribution in [3.05, 3.63) is 101 Å². The van der Waals surface area contributed by atoms with Crippen molar-refractivity contribution in [2.75, 3.05) is 6.54 Å². The average molecular weight is 531 g/mol. The summed E-state index contributed by atoms with van der Waals surface area (Å²) in [5.41, 5.74) is 10.4. The molecule has 1 unspecified atom stereocenters. The molecule has 3 aromatic carbocycles. The maximum atomic E-state index is 14.1. The number of nitrogens with two attached hydrogens (primary N) is 1. The number of carbonyl (C=O) groups is 1. The van der Waals surface area contributed by atoms with Gasteiger partial charge in [0.1, 0.15) is 0 Å². The van der Waals surface area contributed by atoms with E-state index >= 15 is 0 Å². The maximum absolute atomic E-state index is 14.1. The molecule has 5 nitrogen and oxygen atoms in total. The molecule has 0 bridgehead atoms. The molecule has 2 atom stereocenters. The van der Waals surface area contributed by atoms with Gasteiger partial charge in [0, 0.05) is 6.54 Å². The summed E-state index contributed by atoms with van der Waals surface area (Å²) in [6.07, 6.45) is 6.30. The molecular weight excluding hydrogens is 492 g/mol. The van der Waals surface area contributed by atoms with E-state index in [0.717, 1.165) is 61.6 Å². The van der Waals surface area contributed by atoms with Gasteiger partial charge >= 0.3 is 0 Å². The minimum absolute atomic E-state index is 0.159. The van der Waals surface area contributed by atoms with Crippen LogP contribution in [0.25, 0.3) is 0 Å². The minimum Gasteiger partial charge on any atom is -0.369 e. The number of fused-ring (bicyclic) bond motifs is 1. The molecule has 2 aliphatic rings. The lowest BCUT2D eigenvalue weighted by Gasteiger charge is -2.39. The molecule has 5 rings (SSSR count). The van der Waals surface area contributed by atoms with Crippen molar-refractivity contribution >= 4 is 15.9 Å². The summed E-state index contributed by atoms with van der Waals surface area (Å²) < 4.78 is 29.9. The molecule has 0 heterocycles. The van der Waals surface area contributed by atoms with Crippen molar-refractivity contribution < 1.29 is 13.2 Å². The highest BCUT2D eigenvalue weighted by Crippen LogP contribution is 2.42. The monoisotopic (exact) mass is 530 g/mol. The molecule has 0 radical (unpaired) electrons. The second kappa shape index (κ2) is 11.4. The molecule has 2 aliphatic carbocycles. The predicted octanol–water partition coefficient (Wildman–Crippen LogP) is 6.14. The summed E-state index contributed by atoms with van der Waals surface area (Å²) in [4.78, 5) is 12.8. The molecule has 0 saturated heterocycles. The number of primary amides is 1. The highest BCUT2D eigenvalue weighted by Gasteiger charge is 2.38. The summed E-state index contributed by atoms with van der Waals surface area (Å²) in [5.74, 6) is -0.151. The van der Waals surface area contributed by atoms with Gasteiger partial charge in [-0.15, -0.1) is 0 Å². The first-order valence-corrected chi connectivity index (χ1v) is 15.3. The molecular formula is C32H38N2O3S. The van der Waals surface area contributed by atoms with Crippen molar-refractivity contribution in [2.24, 2.45) is 17.6 Å². The number of hydrogen-bond acceptors (Lipinski definition) is 3. The van der Waals surface area contributed by atoms with Crippen LogP contribution in [0, 0.1) is 18.8 Å². The molecule has 0 spiro atoms. The third-order valence-corrected chi connectivity index (χ3v) is 10.5. The van der Waals surface area contributed by atoms with Gasteiger partial charge in [-0.05, 0) is 92.5 Å². The summed E-state index contributed by atoms with van der Waals surface area (Å²) in [6, 6.07) is 25.1. The van der Waals surface area contributed by atoms with E-state index in [4.69, 9.17) is 5.73 Å². The lowest BCUT2D eigenvalue weighted by molar-refractivity contribution is -0.121. The lowest BCUT2D eigenvalue weighted by Crippen LogP contribution is -2.41. The Hall–Kier alpha value is -2.96. The zero-order chi connectivity index (χ0) is 26.7. The Labute approximate surface area is 227 Å². The molecule has 3 aromatic rings.